The summed E-state index contributed by atoms with van der Waals surface area (Å²) < 4.78 is 27.6. The Balaban J connectivity index is 1.47. The molecule has 0 aliphatic carbocycles. The predicted molar refractivity (Wildman–Crippen MR) is 126 cm³/mol. The minimum atomic E-state index is -3.85. The summed E-state index contributed by atoms with van der Waals surface area (Å²) in [5.74, 6) is -1.51. The van der Waals surface area contributed by atoms with E-state index >= 15 is 0 Å². The van der Waals surface area contributed by atoms with Gasteiger partial charge in [0.25, 0.3) is 11.8 Å². The lowest BCUT2D eigenvalue weighted by molar-refractivity contribution is -0.121. The molecule has 34 heavy (non-hydrogen) atoms. The monoisotopic (exact) mass is 480 g/mol. The highest BCUT2D eigenvalue weighted by molar-refractivity contribution is 7.89. The first-order chi connectivity index (χ1) is 16.3. The van der Waals surface area contributed by atoms with E-state index in [0.29, 0.717) is 5.56 Å². The summed E-state index contributed by atoms with van der Waals surface area (Å²) in [4.78, 5) is 36.2. The van der Waals surface area contributed by atoms with Gasteiger partial charge in [0.05, 0.1) is 4.90 Å². The number of carbonyl (C=O) groups excluding carboxylic acids is 3. The van der Waals surface area contributed by atoms with E-state index in [1.807, 2.05) is 6.07 Å². The van der Waals surface area contributed by atoms with Crippen LogP contribution in [-0.4, -0.2) is 32.7 Å². The average Bonchev–Trinajstić information content (AvgIpc) is 2.87. The third-order valence-electron chi connectivity index (χ3n) is 4.70. The van der Waals surface area contributed by atoms with E-state index in [9.17, 15) is 22.8 Å². The van der Waals surface area contributed by atoms with Crippen molar-refractivity contribution in [1.29, 1.82) is 0 Å². The Morgan fingerprint density at radius 3 is 2.06 bits per heavy atom. The summed E-state index contributed by atoms with van der Waals surface area (Å²) in [5.41, 5.74) is 5.81. The first kappa shape index (κ1) is 24.6. The van der Waals surface area contributed by atoms with E-state index in [1.54, 1.807) is 54.6 Å². The van der Waals surface area contributed by atoms with Crippen LogP contribution in [0.2, 0.25) is 0 Å². The van der Waals surface area contributed by atoms with Crippen LogP contribution < -0.4 is 20.9 Å². The van der Waals surface area contributed by atoms with Crippen LogP contribution in [0.25, 0.3) is 0 Å². The van der Waals surface area contributed by atoms with Gasteiger partial charge in [-0.05, 0) is 35.9 Å². The van der Waals surface area contributed by atoms with Gasteiger partial charge in [-0.1, -0.05) is 54.6 Å². The van der Waals surface area contributed by atoms with Gasteiger partial charge in [0, 0.05) is 30.6 Å². The number of nitrogens with one attached hydrogen (secondary N) is 4. The largest absolute Gasteiger partial charge is 0.352 e. The standard InChI is InChI=1S/C24H24N4O5S/c29-22(14-15-25-23(30)19-10-5-2-6-11-19)27-28-24(31)20-12-7-13-21(16-20)34(32,33)26-17-18-8-3-1-4-9-18/h1-13,16,26H,14-15,17H2,(H,25,30)(H,27,29)(H,28,31). The minimum absolute atomic E-state index is 0.0558. The summed E-state index contributed by atoms with van der Waals surface area (Å²) in [6, 6.07) is 23.1. The third kappa shape index (κ3) is 7.26. The molecule has 9 nitrogen and oxygen atoms in total. The first-order valence-electron chi connectivity index (χ1n) is 10.4. The maximum absolute atomic E-state index is 12.6. The number of amides is 3. The SMILES string of the molecule is O=C(CCNC(=O)c1ccccc1)NNC(=O)c1cccc(S(=O)(=O)NCc2ccccc2)c1. The Kier molecular flexibility index (Phi) is 8.49. The fraction of sp³-hybridized carbons (Fsp3) is 0.125. The fourth-order valence-electron chi connectivity index (χ4n) is 2.90. The fourth-order valence-corrected chi connectivity index (χ4v) is 3.97. The van der Waals surface area contributed by atoms with E-state index in [-0.39, 0.29) is 35.9 Å². The van der Waals surface area contributed by atoms with Crippen molar-refractivity contribution in [1.82, 2.24) is 20.9 Å². The predicted octanol–water partition coefficient (Wildman–Crippen LogP) is 1.75. The van der Waals surface area contributed by atoms with Crippen molar-refractivity contribution in [3.05, 3.63) is 102 Å². The topological polar surface area (TPSA) is 133 Å². The van der Waals surface area contributed by atoms with Crippen LogP contribution in [0.15, 0.2) is 89.8 Å². The van der Waals surface area contributed by atoms with Gasteiger partial charge in [-0.2, -0.15) is 0 Å². The molecule has 0 aliphatic rings. The second kappa shape index (κ2) is 11.7. The summed E-state index contributed by atoms with van der Waals surface area (Å²) in [6.45, 7) is 0.187. The number of hydrogen-bond acceptors (Lipinski definition) is 5. The van der Waals surface area contributed by atoms with Crippen LogP contribution in [0.1, 0.15) is 32.7 Å². The molecule has 10 heteroatoms. The number of carbonyl (C=O) groups is 3. The number of benzene rings is 3. The van der Waals surface area contributed by atoms with Crippen molar-refractivity contribution < 1.29 is 22.8 Å². The van der Waals surface area contributed by atoms with Crippen molar-refractivity contribution in [3.8, 4) is 0 Å². The molecule has 3 aromatic carbocycles. The highest BCUT2D eigenvalue weighted by Crippen LogP contribution is 2.12. The molecule has 0 heterocycles. The van der Waals surface area contributed by atoms with Crippen molar-refractivity contribution in [2.45, 2.75) is 17.9 Å². The molecular formula is C24H24N4O5S. The smallest absolute Gasteiger partial charge is 0.269 e. The zero-order chi connectivity index (χ0) is 24.4. The van der Waals surface area contributed by atoms with Gasteiger partial charge >= 0.3 is 0 Å². The molecule has 0 unspecified atom stereocenters. The maximum Gasteiger partial charge on any atom is 0.269 e. The quantitative estimate of drug-likeness (QED) is 0.346. The highest BCUT2D eigenvalue weighted by atomic mass is 32.2. The molecule has 0 saturated heterocycles. The van der Waals surface area contributed by atoms with Gasteiger partial charge in [-0.3, -0.25) is 25.2 Å². The Morgan fingerprint density at radius 2 is 1.35 bits per heavy atom. The van der Waals surface area contributed by atoms with Gasteiger partial charge in [-0.15, -0.1) is 0 Å². The van der Waals surface area contributed by atoms with Crippen molar-refractivity contribution >= 4 is 27.7 Å². The van der Waals surface area contributed by atoms with E-state index in [4.69, 9.17) is 0 Å². The first-order valence-corrected chi connectivity index (χ1v) is 11.9. The Morgan fingerprint density at radius 1 is 0.706 bits per heavy atom. The molecule has 0 aromatic heterocycles. The van der Waals surface area contributed by atoms with Crippen LogP contribution in [0.3, 0.4) is 0 Å². The molecule has 0 spiro atoms. The summed E-state index contributed by atoms with van der Waals surface area (Å²) in [5, 5.41) is 2.61. The van der Waals surface area contributed by atoms with Crippen molar-refractivity contribution in [2.24, 2.45) is 0 Å². The lowest BCUT2D eigenvalue weighted by Crippen LogP contribution is -2.42. The number of hydrazine groups is 1. The summed E-state index contributed by atoms with van der Waals surface area (Å²) in [6.07, 6.45) is -0.0589. The summed E-state index contributed by atoms with van der Waals surface area (Å²) >= 11 is 0. The van der Waals surface area contributed by atoms with Crippen LogP contribution >= 0.6 is 0 Å². The zero-order valence-corrected chi connectivity index (χ0v) is 19.0. The zero-order valence-electron chi connectivity index (χ0n) is 18.2. The van der Waals surface area contributed by atoms with E-state index < -0.39 is 21.8 Å². The lowest BCUT2D eigenvalue weighted by atomic mass is 10.2. The normalized spacial score (nSPS) is 10.8. The molecule has 4 N–H and O–H groups in total. The highest BCUT2D eigenvalue weighted by Gasteiger charge is 2.16. The molecule has 3 aromatic rings. The molecule has 0 saturated carbocycles. The molecular weight excluding hydrogens is 456 g/mol. The van der Waals surface area contributed by atoms with Crippen LogP contribution in [0, 0.1) is 0 Å². The van der Waals surface area contributed by atoms with E-state index in [0.717, 1.165) is 5.56 Å². The second-order valence-electron chi connectivity index (χ2n) is 7.21. The van der Waals surface area contributed by atoms with Gasteiger partial charge in [-0.25, -0.2) is 13.1 Å². The molecule has 0 bridgehead atoms. The molecule has 0 atom stereocenters. The summed E-state index contributed by atoms with van der Waals surface area (Å²) in [7, 11) is -3.85. The van der Waals surface area contributed by atoms with E-state index in [2.05, 4.69) is 20.9 Å². The average molecular weight is 481 g/mol. The van der Waals surface area contributed by atoms with Gasteiger partial charge in [0.1, 0.15) is 0 Å². The third-order valence-corrected chi connectivity index (χ3v) is 6.10. The number of rotatable bonds is 9. The van der Waals surface area contributed by atoms with Crippen LogP contribution in [0.4, 0.5) is 0 Å². The van der Waals surface area contributed by atoms with Crippen molar-refractivity contribution in [3.63, 3.8) is 0 Å². The minimum Gasteiger partial charge on any atom is -0.352 e. The van der Waals surface area contributed by atoms with Gasteiger partial charge in [0.2, 0.25) is 15.9 Å². The number of hydrogen-bond donors (Lipinski definition) is 4. The van der Waals surface area contributed by atoms with E-state index in [1.165, 1.54) is 24.3 Å². The maximum atomic E-state index is 12.6. The molecule has 176 valence electrons. The molecule has 0 aliphatic heterocycles. The molecule has 3 rings (SSSR count). The van der Waals surface area contributed by atoms with Crippen LogP contribution in [0.5, 0.6) is 0 Å². The Hall–Kier alpha value is -4.02. The second-order valence-corrected chi connectivity index (χ2v) is 8.98. The van der Waals surface area contributed by atoms with Gasteiger partial charge in [0.15, 0.2) is 0 Å². The lowest BCUT2D eigenvalue weighted by Gasteiger charge is -2.10. The van der Waals surface area contributed by atoms with Crippen LogP contribution in [-0.2, 0) is 21.4 Å². The Bertz CT molecular complexity index is 1250. The molecule has 0 fully saturated rings. The molecule has 0 radical (unpaired) electrons. The number of sulfonamides is 1. The van der Waals surface area contributed by atoms with Crippen molar-refractivity contribution in [2.75, 3.05) is 6.54 Å². The van der Waals surface area contributed by atoms with Gasteiger partial charge < -0.3 is 5.32 Å². The Labute approximate surface area is 197 Å². The molecule has 3 amide bonds.